The molecule has 3 aromatic rings. The molecule has 3 N–H and O–H groups in total. The van der Waals surface area contributed by atoms with E-state index < -0.39 is 5.91 Å². The van der Waals surface area contributed by atoms with E-state index in [1.54, 1.807) is 12.4 Å². The molecule has 10 heteroatoms. The van der Waals surface area contributed by atoms with Crippen LogP contribution in [0.3, 0.4) is 0 Å². The smallest absolute Gasteiger partial charge is 0.251 e. The average molecular weight is 457 g/mol. The number of pyridine rings is 1. The molecule has 4 rings (SSSR count). The Balaban J connectivity index is 1.47. The van der Waals surface area contributed by atoms with Crippen LogP contribution in [0.4, 0.5) is 5.00 Å². The first-order valence-corrected chi connectivity index (χ1v) is 12.0. The molecular weight excluding hydrogens is 432 g/mol. The zero-order chi connectivity index (χ0) is 22.0. The number of carbonyl (C=O) groups excluding carboxylic acids is 2. The van der Waals surface area contributed by atoms with Crippen molar-refractivity contribution in [1.29, 1.82) is 0 Å². The van der Waals surface area contributed by atoms with E-state index in [1.165, 1.54) is 23.1 Å². The summed E-state index contributed by atoms with van der Waals surface area (Å²) >= 11 is 2.78. The summed E-state index contributed by atoms with van der Waals surface area (Å²) in [6.07, 6.45) is 6.22. The number of carbonyl (C=O) groups is 2. The summed E-state index contributed by atoms with van der Waals surface area (Å²) in [7, 11) is 0. The summed E-state index contributed by atoms with van der Waals surface area (Å²) < 4.78 is 1.95. The van der Waals surface area contributed by atoms with Crippen LogP contribution >= 0.6 is 23.1 Å². The van der Waals surface area contributed by atoms with Crippen LogP contribution in [0, 0.1) is 5.92 Å². The minimum absolute atomic E-state index is 0.155. The number of nitrogens with two attached hydrogens (primary N) is 1. The average Bonchev–Trinajstić information content (AvgIpc) is 3.32. The Labute approximate surface area is 188 Å². The quantitative estimate of drug-likeness (QED) is 0.527. The largest absolute Gasteiger partial charge is 0.365 e. The van der Waals surface area contributed by atoms with Gasteiger partial charge in [0.25, 0.3) is 5.91 Å². The third-order valence-electron chi connectivity index (χ3n) is 5.30. The molecule has 162 valence electrons. The van der Waals surface area contributed by atoms with Crippen molar-refractivity contribution in [3.05, 3.63) is 40.5 Å². The SMILES string of the molecule is CCn1c(SCC(=O)Nc2sc3c(c2C(N)=O)CCC(C)C3)nnc1-c1cccnc1. The summed E-state index contributed by atoms with van der Waals surface area (Å²) in [5, 5.41) is 12.6. The third kappa shape index (κ3) is 4.49. The lowest BCUT2D eigenvalue weighted by molar-refractivity contribution is -0.113. The number of thioether (sulfide) groups is 1. The maximum Gasteiger partial charge on any atom is 0.251 e. The molecule has 0 saturated heterocycles. The van der Waals surface area contributed by atoms with Gasteiger partial charge in [0.15, 0.2) is 11.0 Å². The monoisotopic (exact) mass is 456 g/mol. The molecule has 0 aliphatic heterocycles. The second-order valence-electron chi connectivity index (χ2n) is 7.55. The second kappa shape index (κ2) is 9.19. The van der Waals surface area contributed by atoms with Gasteiger partial charge in [0.05, 0.1) is 11.3 Å². The maximum absolute atomic E-state index is 12.7. The van der Waals surface area contributed by atoms with Crippen molar-refractivity contribution < 1.29 is 9.59 Å². The Morgan fingerprint density at radius 2 is 2.23 bits per heavy atom. The minimum atomic E-state index is -0.484. The number of nitrogens with zero attached hydrogens (tertiary/aromatic N) is 4. The van der Waals surface area contributed by atoms with Gasteiger partial charge in [0.1, 0.15) is 5.00 Å². The van der Waals surface area contributed by atoms with E-state index in [1.807, 2.05) is 23.6 Å². The molecule has 31 heavy (non-hydrogen) atoms. The van der Waals surface area contributed by atoms with E-state index in [0.717, 1.165) is 41.1 Å². The highest BCUT2D eigenvalue weighted by Gasteiger charge is 2.27. The van der Waals surface area contributed by atoms with Crippen LogP contribution < -0.4 is 11.1 Å². The van der Waals surface area contributed by atoms with E-state index in [0.29, 0.717) is 28.2 Å². The van der Waals surface area contributed by atoms with Crippen LogP contribution in [0.25, 0.3) is 11.4 Å². The normalized spacial score (nSPS) is 15.5. The van der Waals surface area contributed by atoms with Crippen LogP contribution in [0.2, 0.25) is 0 Å². The van der Waals surface area contributed by atoms with Gasteiger partial charge in [0.2, 0.25) is 5.91 Å². The molecule has 0 aromatic carbocycles. The molecule has 0 radical (unpaired) electrons. The Morgan fingerprint density at radius 3 is 2.94 bits per heavy atom. The Bertz CT molecular complexity index is 1110. The first kappa shape index (κ1) is 21.5. The summed E-state index contributed by atoms with van der Waals surface area (Å²) in [4.78, 5) is 30.0. The van der Waals surface area contributed by atoms with Crippen LogP contribution in [0.5, 0.6) is 0 Å². The van der Waals surface area contributed by atoms with E-state index in [2.05, 4.69) is 27.4 Å². The molecule has 0 bridgehead atoms. The van der Waals surface area contributed by atoms with Crippen LogP contribution in [0.15, 0.2) is 29.7 Å². The Kier molecular flexibility index (Phi) is 6.38. The van der Waals surface area contributed by atoms with Gasteiger partial charge in [-0.15, -0.1) is 21.5 Å². The fourth-order valence-electron chi connectivity index (χ4n) is 3.78. The molecule has 1 atom stereocenters. The topological polar surface area (TPSA) is 116 Å². The molecular formula is C21H24N6O2S2. The zero-order valence-electron chi connectivity index (χ0n) is 17.4. The summed E-state index contributed by atoms with van der Waals surface area (Å²) in [5.74, 6) is 0.757. The second-order valence-corrected chi connectivity index (χ2v) is 9.60. The molecule has 3 heterocycles. The van der Waals surface area contributed by atoms with Gasteiger partial charge in [-0.2, -0.15) is 0 Å². The number of thiophene rings is 1. The highest BCUT2D eigenvalue weighted by Crippen LogP contribution is 2.39. The first-order valence-electron chi connectivity index (χ1n) is 10.2. The van der Waals surface area contributed by atoms with Crippen molar-refractivity contribution in [2.75, 3.05) is 11.1 Å². The molecule has 8 nitrogen and oxygen atoms in total. The number of nitrogens with one attached hydrogen (secondary N) is 1. The number of fused-ring (bicyclic) bond motifs is 1. The highest BCUT2D eigenvalue weighted by atomic mass is 32.2. The molecule has 0 spiro atoms. The van der Waals surface area contributed by atoms with Gasteiger partial charge in [-0.3, -0.25) is 14.6 Å². The van der Waals surface area contributed by atoms with E-state index in [-0.39, 0.29) is 11.7 Å². The lowest BCUT2D eigenvalue weighted by atomic mass is 9.88. The van der Waals surface area contributed by atoms with Crippen LogP contribution in [-0.4, -0.2) is 37.3 Å². The number of anilines is 1. The molecule has 0 saturated carbocycles. The molecule has 1 aliphatic carbocycles. The molecule has 0 fully saturated rings. The number of hydrogen-bond donors (Lipinski definition) is 2. The minimum Gasteiger partial charge on any atom is -0.365 e. The van der Waals surface area contributed by atoms with Crippen LogP contribution in [-0.2, 0) is 24.2 Å². The summed E-state index contributed by atoms with van der Waals surface area (Å²) in [5.41, 5.74) is 7.99. The Morgan fingerprint density at radius 1 is 1.39 bits per heavy atom. The van der Waals surface area contributed by atoms with Crippen molar-refractivity contribution in [3.63, 3.8) is 0 Å². The Hall–Kier alpha value is -2.72. The molecule has 2 amide bonds. The fourth-order valence-corrected chi connectivity index (χ4v) is 6.02. The summed E-state index contributed by atoms with van der Waals surface area (Å²) in [6.45, 7) is 4.87. The summed E-state index contributed by atoms with van der Waals surface area (Å²) in [6, 6.07) is 3.77. The van der Waals surface area contributed by atoms with Crippen molar-refractivity contribution in [1.82, 2.24) is 19.7 Å². The van der Waals surface area contributed by atoms with Crippen molar-refractivity contribution >= 4 is 39.9 Å². The standard InChI is InChI=1S/C21H24N6O2S2/c1-3-27-19(13-5-4-8-23-10-13)25-26-21(27)30-11-16(28)24-20-17(18(22)29)14-7-6-12(2)9-15(14)31-20/h4-5,8,10,12H,3,6-7,9,11H2,1-2H3,(H2,22,29)(H,24,28). The number of hydrogen-bond acceptors (Lipinski definition) is 7. The van der Waals surface area contributed by atoms with Gasteiger partial charge < -0.3 is 15.6 Å². The molecule has 1 aliphatic rings. The number of primary amides is 1. The number of amides is 2. The maximum atomic E-state index is 12.7. The predicted octanol–water partition coefficient (Wildman–Crippen LogP) is 3.38. The van der Waals surface area contributed by atoms with Crippen molar-refractivity contribution in [3.8, 4) is 11.4 Å². The predicted molar refractivity (Wildman–Crippen MR) is 122 cm³/mol. The van der Waals surface area contributed by atoms with E-state index in [4.69, 9.17) is 5.73 Å². The lowest BCUT2D eigenvalue weighted by Crippen LogP contribution is -2.20. The number of rotatable bonds is 7. The fraction of sp³-hybridized carbons (Fsp3) is 0.381. The van der Waals surface area contributed by atoms with Crippen LogP contribution in [0.1, 0.15) is 41.1 Å². The third-order valence-corrected chi connectivity index (χ3v) is 7.43. The highest BCUT2D eigenvalue weighted by molar-refractivity contribution is 7.99. The lowest BCUT2D eigenvalue weighted by Gasteiger charge is -2.18. The van der Waals surface area contributed by atoms with Crippen molar-refractivity contribution in [2.45, 2.75) is 44.8 Å². The molecule has 3 aromatic heterocycles. The van der Waals surface area contributed by atoms with E-state index in [9.17, 15) is 9.59 Å². The van der Waals surface area contributed by atoms with Crippen molar-refractivity contribution in [2.24, 2.45) is 11.7 Å². The van der Waals surface area contributed by atoms with Gasteiger partial charge in [0, 0.05) is 29.4 Å². The van der Waals surface area contributed by atoms with Gasteiger partial charge in [-0.05, 0) is 49.8 Å². The molecule has 1 unspecified atom stereocenters. The van der Waals surface area contributed by atoms with Gasteiger partial charge in [-0.25, -0.2) is 0 Å². The first-order chi connectivity index (χ1) is 15.0. The van der Waals surface area contributed by atoms with Gasteiger partial charge >= 0.3 is 0 Å². The van der Waals surface area contributed by atoms with E-state index >= 15 is 0 Å². The number of aromatic nitrogens is 4. The van der Waals surface area contributed by atoms with Gasteiger partial charge in [-0.1, -0.05) is 18.7 Å². The zero-order valence-corrected chi connectivity index (χ0v) is 19.1.